The topological polar surface area (TPSA) is 63.1 Å². The van der Waals surface area contributed by atoms with E-state index in [4.69, 9.17) is 5.11 Å². The number of thioether (sulfide) groups is 2. The maximum atomic E-state index is 10.5. The molecule has 8 heteroatoms. The average molecular weight is 330 g/mol. The second-order valence-corrected chi connectivity index (χ2v) is 7.55. The van der Waals surface area contributed by atoms with E-state index in [1.807, 2.05) is 17.7 Å². The van der Waals surface area contributed by atoms with Crippen molar-refractivity contribution in [2.75, 3.05) is 6.26 Å². The fourth-order valence-electron chi connectivity index (χ4n) is 1.24. The molecule has 0 saturated carbocycles. The van der Waals surface area contributed by atoms with E-state index in [1.165, 1.54) is 0 Å². The summed E-state index contributed by atoms with van der Waals surface area (Å²) in [5.74, 6) is -0.154. The van der Waals surface area contributed by atoms with Gasteiger partial charge in [0.15, 0.2) is 8.68 Å². The van der Waals surface area contributed by atoms with Gasteiger partial charge in [-0.2, -0.15) is 0 Å². The zero-order chi connectivity index (χ0) is 13.7. The van der Waals surface area contributed by atoms with Gasteiger partial charge in [0.2, 0.25) is 0 Å². The third kappa shape index (κ3) is 4.34. The third-order valence-electron chi connectivity index (χ3n) is 2.07. The molecular formula is C11H10N2O2S4. The Hall–Kier alpha value is -0.830. The van der Waals surface area contributed by atoms with Crippen LogP contribution in [0.5, 0.6) is 0 Å². The normalized spacial score (nSPS) is 11.2. The van der Waals surface area contributed by atoms with Crippen LogP contribution in [0.15, 0.2) is 26.2 Å². The van der Waals surface area contributed by atoms with Gasteiger partial charge in [-0.25, -0.2) is 4.79 Å². The maximum Gasteiger partial charge on any atom is 0.328 e. The molecule has 0 aliphatic carbocycles. The number of hydrogen-bond acceptors (Lipinski definition) is 7. The van der Waals surface area contributed by atoms with Crippen LogP contribution >= 0.6 is 46.2 Å². The summed E-state index contributed by atoms with van der Waals surface area (Å²) in [6.07, 6.45) is 4.76. The summed E-state index contributed by atoms with van der Waals surface area (Å²) >= 11 is 6.40. The first kappa shape index (κ1) is 14.6. The van der Waals surface area contributed by atoms with Crippen molar-refractivity contribution < 1.29 is 9.90 Å². The predicted octanol–water partition coefficient (Wildman–Crippen LogP) is 3.71. The molecule has 0 aromatic carbocycles. The number of rotatable bonds is 6. The molecular weight excluding hydrogens is 320 g/mol. The van der Waals surface area contributed by atoms with Crippen LogP contribution in [0.25, 0.3) is 6.08 Å². The summed E-state index contributed by atoms with van der Waals surface area (Å²) < 4.78 is 1.89. The van der Waals surface area contributed by atoms with Gasteiger partial charge in [0, 0.05) is 16.7 Å². The van der Waals surface area contributed by atoms with E-state index in [0.717, 1.165) is 30.9 Å². The lowest BCUT2D eigenvalue weighted by molar-refractivity contribution is -0.131. The molecule has 4 nitrogen and oxygen atoms in total. The number of carboxylic acids is 1. The van der Waals surface area contributed by atoms with Gasteiger partial charge in [0.05, 0.1) is 0 Å². The molecule has 2 aromatic rings. The average Bonchev–Trinajstić information content (AvgIpc) is 3.02. The summed E-state index contributed by atoms with van der Waals surface area (Å²) in [4.78, 5) is 11.7. The van der Waals surface area contributed by atoms with Gasteiger partial charge in [-0.15, -0.1) is 21.5 Å². The van der Waals surface area contributed by atoms with E-state index in [9.17, 15) is 4.79 Å². The SMILES string of the molecule is CSc1nnc(SCc2sccc2/C=C/C(=O)O)s1. The lowest BCUT2D eigenvalue weighted by atomic mass is 10.2. The number of nitrogens with zero attached hydrogens (tertiary/aromatic N) is 2. The number of aromatic nitrogens is 2. The van der Waals surface area contributed by atoms with Crippen molar-refractivity contribution in [3.63, 3.8) is 0 Å². The molecule has 1 N–H and O–H groups in total. The smallest absolute Gasteiger partial charge is 0.328 e. The van der Waals surface area contributed by atoms with Gasteiger partial charge < -0.3 is 5.11 Å². The summed E-state index contributed by atoms with van der Waals surface area (Å²) in [6, 6.07) is 1.92. The van der Waals surface area contributed by atoms with Gasteiger partial charge in [0.1, 0.15) is 0 Å². The summed E-state index contributed by atoms with van der Waals surface area (Å²) in [5, 5.41) is 18.7. The van der Waals surface area contributed by atoms with Crippen molar-refractivity contribution >= 4 is 58.2 Å². The Labute approximate surface area is 127 Å². The molecule has 0 atom stereocenters. The second-order valence-electron chi connectivity index (χ2n) is 3.30. The zero-order valence-electron chi connectivity index (χ0n) is 9.90. The molecule has 2 heterocycles. The van der Waals surface area contributed by atoms with Gasteiger partial charge in [-0.05, 0) is 29.3 Å². The molecule has 0 unspecified atom stereocenters. The summed E-state index contributed by atoms with van der Waals surface area (Å²) in [7, 11) is 0. The molecule has 0 aliphatic rings. The van der Waals surface area contributed by atoms with Crippen LogP contribution in [0.3, 0.4) is 0 Å². The monoisotopic (exact) mass is 330 g/mol. The van der Waals surface area contributed by atoms with Crippen LogP contribution in [0, 0.1) is 0 Å². The van der Waals surface area contributed by atoms with Crippen LogP contribution in [0.2, 0.25) is 0 Å². The van der Waals surface area contributed by atoms with E-state index in [-0.39, 0.29) is 0 Å². The van der Waals surface area contributed by atoms with E-state index in [2.05, 4.69) is 10.2 Å². The van der Waals surface area contributed by atoms with Gasteiger partial charge in [-0.1, -0.05) is 34.9 Å². The van der Waals surface area contributed by atoms with Crippen molar-refractivity contribution in [2.45, 2.75) is 14.4 Å². The molecule has 2 aromatic heterocycles. The van der Waals surface area contributed by atoms with E-state index >= 15 is 0 Å². The highest BCUT2D eigenvalue weighted by Crippen LogP contribution is 2.32. The Balaban J connectivity index is 1.99. The molecule has 0 fully saturated rings. The number of aliphatic carboxylic acids is 1. The number of hydrogen-bond donors (Lipinski definition) is 1. The quantitative estimate of drug-likeness (QED) is 0.643. The van der Waals surface area contributed by atoms with Crippen molar-refractivity contribution in [1.29, 1.82) is 0 Å². The summed E-state index contributed by atoms with van der Waals surface area (Å²) in [6.45, 7) is 0. The highest BCUT2D eigenvalue weighted by molar-refractivity contribution is 8.02. The molecule has 100 valence electrons. The number of carbonyl (C=O) groups is 1. The highest BCUT2D eigenvalue weighted by atomic mass is 32.2. The van der Waals surface area contributed by atoms with E-state index in [1.54, 1.807) is 52.3 Å². The predicted molar refractivity (Wildman–Crippen MR) is 82.2 cm³/mol. The standard InChI is InChI=1S/C11H10N2O2S4/c1-16-10-12-13-11(19-10)18-6-8-7(4-5-17-8)2-3-9(14)15/h2-5H,6H2,1H3,(H,14,15)/b3-2+. The molecule has 0 amide bonds. The second kappa shape index (κ2) is 7.09. The minimum atomic E-state index is -0.932. The fraction of sp³-hybridized carbons (Fsp3) is 0.182. The van der Waals surface area contributed by atoms with Crippen LogP contribution in [0.4, 0.5) is 0 Å². The molecule has 0 bridgehead atoms. The maximum absolute atomic E-state index is 10.5. The van der Waals surface area contributed by atoms with Crippen LogP contribution in [0.1, 0.15) is 10.4 Å². The van der Waals surface area contributed by atoms with Crippen LogP contribution < -0.4 is 0 Å². The minimum Gasteiger partial charge on any atom is -0.478 e. The third-order valence-corrected chi connectivity index (χ3v) is 6.25. The molecule has 0 saturated heterocycles. The van der Waals surface area contributed by atoms with Gasteiger partial charge in [-0.3, -0.25) is 0 Å². The Morgan fingerprint density at radius 1 is 1.47 bits per heavy atom. The molecule has 19 heavy (non-hydrogen) atoms. The molecule has 0 spiro atoms. The molecule has 0 aliphatic heterocycles. The fourth-order valence-corrected chi connectivity index (χ4v) is 4.68. The largest absolute Gasteiger partial charge is 0.478 e. The first-order valence-electron chi connectivity index (χ1n) is 5.16. The Morgan fingerprint density at radius 3 is 2.95 bits per heavy atom. The Morgan fingerprint density at radius 2 is 2.26 bits per heavy atom. The van der Waals surface area contributed by atoms with Crippen LogP contribution in [-0.4, -0.2) is 27.5 Å². The van der Waals surface area contributed by atoms with Gasteiger partial charge >= 0.3 is 5.97 Å². The van der Waals surface area contributed by atoms with Crippen molar-refractivity contribution in [3.05, 3.63) is 28.0 Å². The Kier molecular flexibility index (Phi) is 5.44. The highest BCUT2D eigenvalue weighted by Gasteiger charge is 2.07. The van der Waals surface area contributed by atoms with Crippen molar-refractivity contribution in [1.82, 2.24) is 10.2 Å². The van der Waals surface area contributed by atoms with Crippen molar-refractivity contribution in [2.24, 2.45) is 0 Å². The zero-order valence-corrected chi connectivity index (χ0v) is 13.2. The Bertz CT molecular complexity index is 591. The van der Waals surface area contributed by atoms with Crippen molar-refractivity contribution in [3.8, 4) is 0 Å². The minimum absolute atomic E-state index is 0.778. The molecule has 0 radical (unpaired) electrons. The number of thiophene rings is 1. The first-order valence-corrected chi connectivity index (χ1v) is 9.07. The van der Waals surface area contributed by atoms with E-state index < -0.39 is 5.97 Å². The van der Waals surface area contributed by atoms with Gasteiger partial charge in [0.25, 0.3) is 0 Å². The van der Waals surface area contributed by atoms with E-state index in [0.29, 0.717) is 0 Å². The molecule has 2 rings (SSSR count). The van der Waals surface area contributed by atoms with Crippen LogP contribution in [-0.2, 0) is 10.5 Å². The summed E-state index contributed by atoms with van der Waals surface area (Å²) in [5.41, 5.74) is 0.953. The lowest BCUT2D eigenvalue weighted by Crippen LogP contribution is -1.86. The number of carboxylic acid groups (broad SMARTS) is 1. The first-order chi connectivity index (χ1) is 9.19. The lowest BCUT2D eigenvalue weighted by Gasteiger charge is -1.96.